The lowest BCUT2D eigenvalue weighted by Crippen LogP contribution is -2.22. The SMILES string of the molecule is CCCN(C)CCc1ccc(N)cn1. The van der Waals surface area contributed by atoms with Crippen molar-refractivity contribution < 1.29 is 0 Å². The maximum Gasteiger partial charge on any atom is 0.0501 e. The summed E-state index contributed by atoms with van der Waals surface area (Å²) in [6, 6.07) is 3.90. The van der Waals surface area contributed by atoms with Gasteiger partial charge in [0.25, 0.3) is 0 Å². The normalized spacial score (nSPS) is 10.8. The van der Waals surface area contributed by atoms with Gasteiger partial charge in [0, 0.05) is 18.7 Å². The zero-order valence-electron chi connectivity index (χ0n) is 9.03. The Kier molecular flexibility index (Phi) is 4.40. The number of rotatable bonds is 5. The second kappa shape index (κ2) is 5.60. The quantitative estimate of drug-likeness (QED) is 0.771. The molecule has 0 spiro atoms. The van der Waals surface area contributed by atoms with Crippen LogP contribution < -0.4 is 5.73 Å². The monoisotopic (exact) mass is 193 g/mol. The van der Waals surface area contributed by atoms with Gasteiger partial charge in [-0.3, -0.25) is 4.98 Å². The lowest BCUT2D eigenvalue weighted by atomic mass is 10.2. The van der Waals surface area contributed by atoms with E-state index in [0.29, 0.717) is 0 Å². The second-order valence-electron chi connectivity index (χ2n) is 3.64. The first-order valence-corrected chi connectivity index (χ1v) is 5.11. The molecule has 1 aromatic rings. The first-order valence-electron chi connectivity index (χ1n) is 5.11. The van der Waals surface area contributed by atoms with Gasteiger partial charge in [-0.25, -0.2) is 0 Å². The molecule has 0 aliphatic rings. The third-order valence-electron chi connectivity index (χ3n) is 2.20. The molecule has 3 nitrogen and oxygen atoms in total. The number of pyridine rings is 1. The first-order chi connectivity index (χ1) is 6.72. The zero-order valence-corrected chi connectivity index (χ0v) is 9.03. The molecule has 1 aromatic heterocycles. The second-order valence-corrected chi connectivity index (χ2v) is 3.64. The molecule has 0 fully saturated rings. The molecule has 1 heterocycles. The van der Waals surface area contributed by atoms with Gasteiger partial charge in [0.05, 0.1) is 11.9 Å². The van der Waals surface area contributed by atoms with Crippen LogP contribution in [0.5, 0.6) is 0 Å². The topological polar surface area (TPSA) is 42.1 Å². The molecule has 3 heteroatoms. The predicted octanol–water partition coefficient (Wildman–Crippen LogP) is 1.55. The molecule has 2 N–H and O–H groups in total. The summed E-state index contributed by atoms with van der Waals surface area (Å²) >= 11 is 0. The van der Waals surface area contributed by atoms with Crippen molar-refractivity contribution in [2.24, 2.45) is 0 Å². The van der Waals surface area contributed by atoms with Crippen LogP contribution in [0.15, 0.2) is 18.3 Å². The van der Waals surface area contributed by atoms with Crippen LogP contribution in [0.25, 0.3) is 0 Å². The summed E-state index contributed by atoms with van der Waals surface area (Å²) in [6.07, 6.45) is 3.91. The molecule has 0 aromatic carbocycles. The van der Waals surface area contributed by atoms with E-state index in [1.54, 1.807) is 6.20 Å². The number of aromatic nitrogens is 1. The number of nitrogens with zero attached hydrogens (tertiary/aromatic N) is 2. The van der Waals surface area contributed by atoms with Crippen LogP contribution in [0.2, 0.25) is 0 Å². The fourth-order valence-corrected chi connectivity index (χ4v) is 1.38. The van der Waals surface area contributed by atoms with E-state index in [2.05, 4.69) is 23.9 Å². The molecule has 0 atom stereocenters. The summed E-state index contributed by atoms with van der Waals surface area (Å²) < 4.78 is 0. The Labute approximate surface area is 85.9 Å². The van der Waals surface area contributed by atoms with E-state index in [9.17, 15) is 0 Å². The van der Waals surface area contributed by atoms with E-state index < -0.39 is 0 Å². The van der Waals surface area contributed by atoms with Gasteiger partial charge in [0.2, 0.25) is 0 Å². The first kappa shape index (κ1) is 11.0. The van der Waals surface area contributed by atoms with Crippen molar-refractivity contribution >= 4 is 5.69 Å². The van der Waals surface area contributed by atoms with Crippen LogP contribution in [-0.2, 0) is 6.42 Å². The lowest BCUT2D eigenvalue weighted by Gasteiger charge is -2.14. The number of likely N-dealkylation sites (N-methyl/N-ethyl adjacent to an activating group) is 1. The summed E-state index contributed by atoms with van der Waals surface area (Å²) in [7, 11) is 2.14. The molecule has 0 bridgehead atoms. The number of anilines is 1. The minimum absolute atomic E-state index is 0.732. The average Bonchev–Trinajstić information content (AvgIpc) is 2.17. The Hall–Kier alpha value is -1.09. The highest BCUT2D eigenvalue weighted by atomic mass is 15.1. The van der Waals surface area contributed by atoms with Crippen LogP contribution in [0, 0.1) is 0 Å². The van der Waals surface area contributed by atoms with Gasteiger partial charge >= 0.3 is 0 Å². The Balaban J connectivity index is 2.34. The maximum absolute atomic E-state index is 5.56. The molecule has 0 saturated carbocycles. The summed E-state index contributed by atoms with van der Waals surface area (Å²) in [5.74, 6) is 0. The van der Waals surface area contributed by atoms with E-state index in [1.165, 1.54) is 6.42 Å². The average molecular weight is 193 g/mol. The highest BCUT2D eigenvalue weighted by molar-refractivity contribution is 5.34. The van der Waals surface area contributed by atoms with Crippen molar-refractivity contribution in [2.45, 2.75) is 19.8 Å². The number of hydrogen-bond donors (Lipinski definition) is 1. The van der Waals surface area contributed by atoms with E-state index >= 15 is 0 Å². The number of nitrogen functional groups attached to an aromatic ring is 1. The van der Waals surface area contributed by atoms with Gasteiger partial charge in [0.1, 0.15) is 0 Å². The highest BCUT2D eigenvalue weighted by Crippen LogP contribution is 2.02. The largest absolute Gasteiger partial charge is 0.397 e. The molecule has 0 amide bonds. The van der Waals surface area contributed by atoms with Crippen LogP contribution in [0.4, 0.5) is 5.69 Å². The Bertz CT molecular complexity index is 256. The van der Waals surface area contributed by atoms with Crippen molar-refractivity contribution in [1.82, 2.24) is 9.88 Å². The summed E-state index contributed by atoms with van der Waals surface area (Å²) in [5, 5.41) is 0. The van der Waals surface area contributed by atoms with Gasteiger partial charge in [-0.1, -0.05) is 6.92 Å². The Morgan fingerprint density at radius 3 is 2.71 bits per heavy atom. The van der Waals surface area contributed by atoms with Gasteiger partial charge in [-0.05, 0) is 32.1 Å². The van der Waals surface area contributed by atoms with E-state index in [4.69, 9.17) is 5.73 Å². The standard InChI is InChI=1S/C11H19N3/c1-3-7-14(2)8-6-11-5-4-10(12)9-13-11/h4-5,9H,3,6-8,12H2,1-2H3. The maximum atomic E-state index is 5.56. The molecular formula is C11H19N3. The van der Waals surface area contributed by atoms with Gasteiger partial charge in [-0.15, -0.1) is 0 Å². The minimum Gasteiger partial charge on any atom is -0.397 e. The van der Waals surface area contributed by atoms with Crippen molar-refractivity contribution in [1.29, 1.82) is 0 Å². The van der Waals surface area contributed by atoms with Gasteiger partial charge in [-0.2, -0.15) is 0 Å². The van der Waals surface area contributed by atoms with Crippen LogP contribution in [0.3, 0.4) is 0 Å². The fourth-order valence-electron chi connectivity index (χ4n) is 1.38. The number of nitrogens with two attached hydrogens (primary N) is 1. The summed E-state index contributed by atoms with van der Waals surface area (Å²) in [6.45, 7) is 4.40. The molecular weight excluding hydrogens is 174 g/mol. The van der Waals surface area contributed by atoms with Crippen LogP contribution in [0.1, 0.15) is 19.0 Å². The molecule has 0 aliphatic carbocycles. The fraction of sp³-hybridized carbons (Fsp3) is 0.545. The van der Waals surface area contributed by atoms with Gasteiger partial charge in [0.15, 0.2) is 0 Å². The zero-order chi connectivity index (χ0) is 10.4. The summed E-state index contributed by atoms with van der Waals surface area (Å²) in [4.78, 5) is 6.58. The molecule has 0 radical (unpaired) electrons. The van der Waals surface area contributed by atoms with Crippen molar-refractivity contribution in [2.75, 3.05) is 25.9 Å². The number of hydrogen-bond acceptors (Lipinski definition) is 3. The minimum atomic E-state index is 0.732. The molecule has 78 valence electrons. The van der Waals surface area contributed by atoms with Crippen molar-refractivity contribution in [3.05, 3.63) is 24.0 Å². The van der Waals surface area contributed by atoms with E-state index in [0.717, 1.165) is 30.9 Å². The van der Waals surface area contributed by atoms with Crippen molar-refractivity contribution in [3.8, 4) is 0 Å². The van der Waals surface area contributed by atoms with Crippen LogP contribution in [-0.4, -0.2) is 30.0 Å². The molecule has 1 rings (SSSR count). The highest BCUT2D eigenvalue weighted by Gasteiger charge is 1.98. The molecule has 14 heavy (non-hydrogen) atoms. The predicted molar refractivity (Wildman–Crippen MR) is 60.1 cm³/mol. The van der Waals surface area contributed by atoms with Crippen molar-refractivity contribution in [3.63, 3.8) is 0 Å². The molecule has 0 saturated heterocycles. The van der Waals surface area contributed by atoms with Crippen LogP contribution >= 0.6 is 0 Å². The van der Waals surface area contributed by atoms with E-state index in [1.807, 2.05) is 12.1 Å². The smallest absolute Gasteiger partial charge is 0.0501 e. The van der Waals surface area contributed by atoms with Gasteiger partial charge < -0.3 is 10.6 Å². The van der Waals surface area contributed by atoms with E-state index in [-0.39, 0.29) is 0 Å². The molecule has 0 unspecified atom stereocenters. The molecule has 0 aliphatic heterocycles. The Morgan fingerprint density at radius 1 is 1.36 bits per heavy atom. The third kappa shape index (κ3) is 3.75. The Morgan fingerprint density at radius 2 is 2.14 bits per heavy atom. The lowest BCUT2D eigenvalue weighted by molar-refractivity contribution is 0.338. The third-order valence-corrected chi connectivity index (χ3v) is 2.20. The summed E-state index contributed by atoms with van der Waals surface area (Å²) in [5.41, 5.74) is 7.40.